The van der Waals surface area contributed by atoms with E-state index in [9.17, 15) is 13.2 Å². The van der Waals surface area contributed by atoms with Crippen LogP contribution in [0.1, 0.15) is 28.3 Å². The molecule has 2 atom stereocenters. The molecule has 160 valence electrons. The fourth-order valence-corrected chi connectivity index (χ4v) is 5.78. The first kappa shape index (κ1) is 21.2. The molecule has 1 amide bonds. The van der Waals surface area contributed by atoms with Gasteiger partial charge in [-0.2, -0.15) is 5.10 Å². The third-order valence-electron chi connectivity index (χ3n) is 5.23. The van der Waals surface area contributed by atoms with Crippen molar-refractivity contribution >= 4 is 39.2 Å². The zero-order valence-electron chi connectivity index (χ0n) is 16.8. The van der Waals surface area contributed by atoms with Crippen LogP contribution in [0.25, 0.3) is 11.1 Å². The number of aryl methyl sites for hydroxylation is 1. The molecule has 31 heavy (non-hydrogen) atoms. The summed E-state index contributed by atoms with van der Waals surface area (Å²) in [6.07, 6.45) is 2.37. The second-order valence-electron chi connectivity index (χ2n) is 7.57. The molecule has 0 bridgehead atoms. The SMILES string of the molecule is Cc1cc(-c2ccc(NC(=O)[C@@H]3C[C@@H]3c3cccc(C=NN)c3)cc2)c(S(N)(=O)=O)s1. The Balaban J connectivity index is 1.45. The van der Waals surface area contributed by atoms with Crippen LogP contribution in [-0.2, 0) is 14.8 Å². The van der Waals surface area contributed by atoms with E-state index in [0.29, 0.717) is 11.3 Å². The molecule has 1 aliphatic rings. The van der Waals surface area contributed by atoms with E-state index in [0.717, 1.165) is 39.3 Å². The van der Waals surface area contributed by atoms with Gasteiger partial charge in [0.05, 0.1) is 6.21 Å². The minimum atomic E-state index is -3.80. The average Bonchev–Trinajstić information content (AvgIpc) is 3.43. The summed E-state index contributed by atoms with van der Waals surface area (Å²) in [4.78, 5) is 13.5. The fraction of sp³-hybridized carbons (Fsp3) is 0.182. The van der Waals surface area contributed by atoms with Crippen molar-refractivity contribution in [2.24, 2.45) is 22.0 Å². The molecule has 0 spiro atoms. The number of benzene rings is 2. The average molecular weight is 455 g/mol. The Bertz CT molecular complexity index is 1260. The number of nitrogens with zero attached hydrogens (tertiary/aromatic N) is 1. The van der Waals surface area contributed by atoms with Gasteiger partial charge in [-0.05, 0) is 60.2 Å². The van der Waals surface area contributed by atoms with Gasteiger partial charge in [-0.15, -0.1) is 11.3 Å². The van der Waals surface area contributed by atoms with E-state index in [2.05, 4.69) is 10.4 Å². The van der Waals surface area contributed by atoms with Gasteiger partial charge in [-0.1, -0.05) is 30.3 Å². The van der Waals surface area contributed by atoms with Crippen molar-refractivity contribution in [3.8, 4) is 11.1 Å². The smallest absolute Gasteiger partial charge is 0.248 e. The molecule has 0 unspecified atom stereocenters. The highest BCUT2D eigenvalue weighted by molar-refractivity contribution is 7.91. The van der Waals surface area contributed by atoms with E-state index in [1.54, 1.807) is 36.5 Å². The fourth-order valence-electron chi connectivity index (χ4n) is 3.68. The van der Waals surface area contributed by atoms with Crippen molar-refractivity contribution in [3.05, 3.63) is 70.6 Å². The molecule has 7 nitrogen and oxygen atoms in total. The van der Waals surface area contributed by atoms with E-state index in [1.807, 2.05) is 31.2 Å². The standard InChI is InChI=1S/C22H22N4O3S2/c1-13-9-19(22(30-13)31(24,28)29)15-5-7-17(8-6-15)26-21(27)20-11-18(20)16-4-2-3-14(10-16)12-25-23/h2-10,12,18,20H,11,23H2,1H3,(H,26,27)(H2,24,28,29)/t18-,20-/m1/s1. The Labute approximate surface area is 184 Å². The predicted octanol–water partition coefficient (Wildman–Crippen LogP) is 3.41. The normalized spacial score (nSPS) is 18.3. The van der Waals surface area contributed by atoms with Gasteiger partial charge in [0.15, 0.2) is 0 Å². The number of anilines is 1. The van der Waals surface area contributed by atoms with Gasteiger partial charge in [-0.3, -0.25) is 4.79 Å². The number of hydrogen-bond acceptors (Lipinski definition) is 6. The van der Waals surface area contributed by atoms with Crippen molar-refractivity contribution < 1.29 is 13.2 Å². The molecular weight excluding hydrogens is 432 g/mol. The minimum Gasteiger partial charge on any atom is -0.326 e. The molecular formula is C22H22N4O3S2. The number of carbonyl (C=O) groups excluding carboxylic acids is 1. The molecule has 0 saturated heterocycles. The molecule has 1 saturated carbocycles. The highest BCUT2D eigenvalue weighted by atomic mass is 32.2. The zero-order chi connectivity index (χ0) is 22.2. The van der Waals surface area contributed by atoms with Crippen LogP contribution in [0, 0.1) is 12.8 Å². The number of amides is 1. The summed E-state index contributed by atoms with van der Waals surface area (Å²) >= 11 is 1.15. The van der Waals surface area contributed by atoms with E-state index < -0.39 is 10.0 Å². The molecule has 2 aromatic carbocycles. The number of nitrogens with one attached hydrogen (secondary N) is 1. The molecule has 1 heterocycles. The van der Waals surface area contributed by atoms with Gasteiger partial charge < -0.3 is 11.2 Å². The number of nitrogens with two attached hydrogens (primary N) is 2. The van der Waals surface area contributed by atoms with Crippen molar-refractivity contribution in [1.82, 2.24) is 0 Å². The molecule has 0 radical (unpaired) electrons. The number of thiophene rings is 1. The first-order valence-electron chi connectivity index (χ1n) is 9.64. The Kier molecular flexibility index (Phi) is 5.65. The van der Waals surface area contributed by atoms with E-state index in [4.69, 9.17) is 11.0 Å². The molecule has 1 aromatic heterocycles. The summed E-state index contributed by atoms with van der Waals surface area (Å²) in [7, 11) is -3.80. The summed E-state index contributed by atoms with van der Waals surface area (Å²) in [5, 5.41) is 11.8. The largest absolute Gasteiger partial charge is 0.326 e. The van der Waals surface area contributed by atoms with Gasteiger partial charge in [0.25, 0.3) is 0 Å². The van der Waals surface area contributed by atoms with Gasteiger partial charge in [-0.25, -0.2) is 13.6 Å². The highest BCUT2D eigenvalue weighted by Crippen LogP contribution is 2.48. The van der Waals surface area contributed by atoms with Crippen molar-refractivity contribution in [3.63, 3.8) is 0 Å². The lowest BCUT2D eigenvalue weighted by atomic mass is 10.1. The lowest BCUT2D eigenvalue weighted by Crippen LogP contribution is -2.14. The molecule has 5 N–H and O–H groups in total. The van der Waals surface area contributed by atoms with Gasteiger partial charge in [0.1, 0.15) is 4.21 Å². The van der Waals surface area contributed by atoms with E-state index in [1.165, 1.54) is 0 Å². The number of rotatable bonds is 6. The highest BCUT2D eigenvalue weighted by Gasteiger charge is 2.43. The molecule has 1 aliphatic carbocycles. The lowest BCUT2D eigenvalue weighted by molar-refractivity contribution is -0.117. The number of primary sulfonamides is 1. The van der Waals surface area contributed by atoms with Gasteiger partial charge in [0.2, 0.25) is 15.9 Å². The lowest BCUT2D eigenvalue weighted by Gasteiger charge is -2.07. The van der Waals surface area contributed by atoms with Crippen LogP contribution in [0.3, 0.4) is 0 Å². The van der Waals surface area contributed by atoms with Crippen molar-refractivity contribution in [1.29, 1.82) is 0 Å². The maximum atomic E-state index is 12.7. The summed E-state index contributed by atoms with van der Waals surface area (Å²) in [5.41, 5.74) is 3.97. The summed E-state index contributed by atoms with van der Waals surface area (Å²) in [6.45, 7) is 1.84. The molecule has 1 fully saturated rings. The number of hydrazone groups is 1. The maximum absolute atomic E-state index is 12.7. The number of hydrogen-bond donors (Lipinski definition) is 3. The summed E-state index contributed by atoms with van der Waals surface area (Å²) in [6, 6.07) is 16.7. The first-order chi connectivity index (χ1) is 14.8. The van der Waals surface area contributed by atoms with Crippen molar-refractivity contribution in [2.45, 2.75) is 23.5 Å². The van der Waals surface area contributed by atoms with Crippen LogP contribution in [0.15, 0.2) is 63.9 Å². The van der Waals surface area contributed by atoms with Crippen LogP contribution >= 0.6 is 11.3 Å². The van der Waals surface area contributed by atoms with E-state index >= 15 is 0 Å². The second-order valence-corrected chi connectivity index (χ2v) is 10.6. The summed E-state index contributed by atoms with van der Waals surface area (Å²) in [5.74, 6) is 5.27. The molecule has 3 aromatic rings. The Morgan fingerprint density at radius 1 is 1.19 bits per heavy atom. The second kappa shape index (κ2) is 8.26. The number of carbonyl (C=O) groups is 1. The Morgan fingerprint density at radius 2 is 1.94 bits per heavy atom. The molecule has 9 heteroatoms. The Hall–Kier alpha value is -3.01. The third kappa shape index (κ3) is 4.68. The minimum absolute atomic E-state index is 0.0350. The number of sulfonamides is 1. The quantitative estimate of drug-likeness (QED) is 0.299. The third-order valence-corrected chi connectivity index (χ3v) is 7.76. The van der Waals surface area contributed by atoms with Crippen LogP contribution in [0.2, 0.25) is 0 Å². The van der Waals surface area contributed by atoms with Crippen molar-refractivity contribution in [2.75, 3.05) is 5.32 Å². The summed E-state index contributed by atoms with van der Waals surface area (Å²) < 4.78 is 23.9. The maximum Gasteiger partial charge on any atom is 0.248 e. The zero-order valence-corrected chi connectivity index (χ0v) is 18.4. The van der Waals surface area contributed by atoms with Crippen LogP contribution in [0.4, 0.5) is 5.69 Å². The molecule has 4 rings (SSSR count). The monoisotopic (exact) mass is 454 g/mol. The van der Waals surface area contributed by atoms with Crippen LogP contribution in [-0.4, -0.2) is 20.5 Å². The van der Waals surface area contributed by atoms with Gasteiger partial charge in [0, 0.05) is 22.0 Å². The predicted molar refractivity (Wildman–Crippen MR) is 124 cm³/mol. The first-order valence-corrected chi connectivity index (χ1v) is 12.0. The Morgan fingerprint density at radius 3 is 2.61 bits per heavy atom. The van der Waals surface area contributed by atoms with Gasteiger partial charge >= 0.3 is 0 Å². The molecule has 0 aliphatic heterocycles. The van der Waals surface area contributed by atoms with Crippen LogP contribution in [0.5, 0.6) is 0 Å². The van der Waals surface area contributed by atoms with Crippen LogP contribution < -0.4 is 16.3 Å². The van der Waals surface area contributed by atoms with E-state index in [-0.39, 0.29) is 22.0 Å². The topological polar surface area (TPSA) is 128 Å².